The third-order valence-electron chi connectivity index (χ3n) is 4.42. The number of ether oxygens (including phenoxy) is 1. The summed E-state index contributed by atoms with van der Waals surface area (Å²) in [4.78, 5) is 12.3. The van der Waals surface area contributed by atoms with Crippen LogP contribution in [0.4, 0.5) is 14.5 Å². The van der Waals surface area contributed by atoms with Crippen LogP contribution in [0.3, 0.4) is 0 Å². The van der Waals surface area contributed by atoms with E-state index in [0.717, 1.165) is 28.9 Å². The number of rotatable bonds is 7. The SMILES string of the molecule is Cc1ccc(NC(=O)CSc2nnc(C(C)Oc3ccc(F)cc3F)n2C)c(C)c1. The lowest BCUT2D eigenvalue weighted by Gasteiger charge is -2.14. The van der Waals surface area contributed by atoms with Gasteiger partial charge in [-0.25, -0.2) is 8.78 Å². The Bertz CT molecular complexity index is 1070. The average Bonchev–Trinajstić information content (AvgIpc) is 3.05. The van der Waals surface area contributed by atoms with Gasteiger partial charge in [-0.1, -0.05) is 29.5 Å². The van der Waals surface area contributed by atoms with Gasteiger partial charge in [0, 0.05) is 18.8 Å². The molecule has 30 heavy (non-hydrogen) atoms. The summed E-state index contributed by atoms with van der Waals surface area (Å²) in [6.45, 7) is 5.62. The fraction of sp³-hybridized carbons (Fsp3) is 0.286. The van der Waals surface area contributed by atoms with E-state index in [1.54, 1.807) is 18.5 Å². The van der Waals surface area contributed by atoms with Crippen molar-refractivity contribution < 1.29 is 18.3 Å². The number of carbonyl (C=O) groups excluding carboxylic acids is 1. The highest BCUT2D eigenvalue weighted by Gasteiger charge is 2.19. The van der Waals surface area contributed by atoms with Gasteiger partial charge in [-0.3, -0.25) is 4.79 Å². The summed E-state index contributed by atoms with van der Waals surface area (Å²) in [6.07, 6.45) is -0.624. The first-order chi connectivity index (χ1) is 14.2. The zero-order chi connectivity index (χ0) is 21.8. The van der Waals surface area contributed by atoms with Crippen LogP contribution in [-0.2, 0) is 11.8 Å². The summed E-state index contributed by atoms with van der Waals surface area (Å²) >= 11 is 1.23. The lowest BCUT2D eigenvalue weighted by molar-refractivity contribution is -0.113. The van der Waals surface area contributed by atoms with Crippen LogP contribution in [0.1, 0.15) is 30.0 Å². The molecule has 6 nitrogen and oxygen atoms in total. The summed E-state index contributed by atoms with van der Waals surface area (Å²) in [5, 5.41) is 11.6. The van der Waals surface area contributed by atoms with Crippen LogP contribution < -0.4 is 10.1 Å². The molecule has 0 saturated carbocycles. The molecular formula is C21H22F2N4O2S. The third-order valence-corrected chi connectivity index (χ3v) is 5.44. The first kappa shape index (κ1) is 21.8. The fourth-order valence-corrected chi connectivity index (χ4v) is 3.61. The number of hydrogen-bond acceptors (Lipinski definition) is 5. The van der Waals surface area contributed by atoms with Crippen LogP contribution in [0.25, 0.3) is 0 Å². The molecule has 0 aliphatic rings. The molecule has 1 N–H and O–H groups in total. The second-order valence-corrected chi connectivity index (χ2v) is 7.83. The molecule has 1 amide bonds. The number of carbonyl (C=O) groups is 1. The van der Waals surface area contributed by atoms with E-state index in [0.29, 0.717) is 11.0 Å². The molecular weight excluding hydrogens is 410 g/mol. The summed E-state index contributed by atoms with van der Waals surface area (Å²) in [6, 6.07) is 8.93. The van der Waals surface area contributed by atoms with Crippen molar-refractivity contribution in [2.75, 3.05) is 11.1 Å². The second-order valence-electron chi connectivity index (χ2n) is 6.89. The minimum Gasteiger partial charge on any atom is -0.480 e. The molecule has 9 heteroatoms. The summed E-state index contributed by atoms with van der Waals surface area (Å²) in [7, 11) is 1.74. The monoisotopic (exact) mass is 432 g/mol. The Morgan fingerprint density at radius 1 is 1.20 bits per heavy atom. The van der Waals surface area contributed by atoms with Crippen LogP contribution in [-0.4, -0.2) is 26.4 Å². The normalized spacial score (nSPS) is 11.9. The number of amides is 1. The molecule has 1 aromatic heterocycles. The molecule has 3 aromatic rings. The highest BCUT2D eigenvalue weighted by atomic mass is 32.2. The smallest absolute Gasteiger partial charge is 0.234 e. The number of halogens is 2. The number of hydrogen-bond donors (Lipinski definition) is 1. The van der Waals surface area contributed by atoms with Crippen molar-refractivity contribution in [3.8, 4) is 5.75 Å². The van der Waals surface area contributed by atoms with Crippen molar-refractivity contribution in [2.24, 2.45) is 7.05 Å². The molecule has 0 fully saturated rings. The van der Waals surface area contributed by atoms with Gasteiger partial charge in [0.25, 0.3) is 0 Å². The number of anilines is 1. The van der Waals surface area contributed by atoms with Crippen LogP contribution in [0, 0.1) is 25.5 Å². The minimum absolute atomic E-state index is 0.0750. The van der Waals surface area contributed by atoms with E-state index in [-0.39, 0.29) is 17.4 Å². The van der Waals surface area contributed by atoms with Gasteiger partial charge in [-0.05, 0) is 44.5 Å². The highest BCUT2D eigenvalue weighted by molar-refractivity contribution is 7.99. The maximum atomic E-state index is 13.8. The van der Waals surface area contributed by atoms with Gasteiger partial charge < -0.3 is 14.6 Å². The van der Waals surface area contributed by atoms with E-state index in [1.165, 1.54) is 17.8 Å². The number of aromatic nitrogens is 3. The van der Waals surface area contributed by atoms with Gasteiger partial charge in [-0.15, -0.1) is 10.2 Å². The molecule has 158 valence electrons. The van der Waals surface area contributed by atoms with Crippen LogP contribution in [0.2, 0.25) is 0 Å². The first-order valence-electron chi connectivity index (χ1n) is 9.25. The van der Waals surface area contributed by atoms with Crippen LogP contribution in [0.5, 0.6) is 5.75 Å². The zero-order valence-corrected chi connectivity index (χ0v) is 17.9. The molecule has 0 saturated heterocycles. The molecule has 0 aliphatic carbocycles. The van der Waals surface area contributed by atoms with Gasteiger partial charge in [0.2, 0.25) is 5.91 Å². The topological polar surface area (TPSA) is 69.0 Å². The van der Waals surface area contributed by atoms with Crippen molar-refractivity contribution in [1.29, 1.82) is 0 Å². The molecule has 0 spiro atoms. The summed E-state index contributed by atoms with van der Waals surface area (Å²) in [5.74, 6) is -1.09. The van der Waals surface area contributed by atoms with E-state index >= 15 is 0 Å². The Morgan fingerprint density at radius 2 is 1.97 bits per heavy atom. The zero-order valence-electron chi connectivity index (χ0n) is 17.1. The van der Waals surface area contributed by atoms with Gasteiger partial charge >= 0.3 is 0 Å². The summed E-state index contributed by atoms with van der Waals surface area (Å²) in [5.41, 5.74) is 2.89. The predicted molar refractivity (Wildman–Crippen MR) is 112 cm³/mol. The predicted octanol–water partition coefficient (Wildman–Crippen LogP) is 4.58. The number of nitrogens with zero attached hydrogens (tertiary/aromatic N) is 3. The van der Waals surface area contributed by atoms with Crippen LogP contribution >= 0.6 is 11.8 Å². The Hall–Kier alpha value is -2.94. The molecule has 0 aliphatic heterocycles. The number of benzene rings is 2. The summed E-state index contributed by atoms with van der Waals surface area (Å²) < 4.78 is 34.1. The lowest BCUT2D eigenvalue weighted by atomic mass is 10.1. The maximum absolute atomic E-state index is 13.8. The molecule has 1 heterocycles. The van der Waals surface area contributed by atoms with Crippen molar-refractivity contribution in [2.45, 2.75) is 32.0 Å². The minimum atomic E-state index is -0.790. The van der Waals surface area contributed by atoms with E-state index in [1.807, 2.05) is 32.0 Å². The van der Waals surface area contributed by atoms with E-state index in [4.69, 9.17) is 4.74 Å². The Morgan fingerprint density at radius 3 is 2.67 bits per heavy atom. The van der Waals surface area contributed by atoms with E-state index in [2.05, 4.69) is 15.5 Å². The quantitative estimate of drug-likeness (QED) is 0.554. The van der Waals surface area contributed by atoms with Gasteiger partial charge in [0.15, 0.2) is 28.7 Å². The largest absolute Gasteiger partial charge is 0.480 e. The number of nitrogens with one attached hydrogen (secondary N) is 1. The van der Waals surface area contributed by atoms with Crippen molar-refractivity contribution in [1.82, 2.24) is 14.8 Å². The van der Waals surface area contributed by atoms with Crippen molar-refractivity contribution in [3.05, 3.63) is 65.0 Å². The second kappa shape index (κ2) is 9.25. The Balaban J connectivity index is 1.61. The maximum Gasteiger partial charge on any atom is 0.234 e. The van der Waals surface area contributed by atoms with Crippen molar-refractivity contribution >= 4 is 23.4 Å². The fourth-order valence-electron chi connectivity index (χ4n) is 2.89. The van der Waals surface area contributed by atoms with Gasteiger partial charge in [0.05, 0.1) is 5.75 Å². The molecule has 2 aromatic carbocycles. The number of thioether (sulfide) groups is 1. The molecule has 0 bridgehead atoms. The molecule has 1 atom stereocenters. The highest BCUT2D eigenvalue weighted by Crippen LogP contribution is 2.26. The van der Waals surface area contributed by atoms with Gasteiger partial charge in [0.1, 0.15) is 5.82 Å². The van der Waals surface area contributed by atoms with Crippen molar-refractivity contribution in [3.63, 3.8) is 0 Å². The number of aryl methyl sites for hydroxylation is 2. The Kier molecular flexibility index (Phi) is 6.71. The van der Waals surface area contributed by atoms with Gasteiger partial charge in [-0.2, -0.15) is 0 Å². The Labute approximate surface area is 177 Å². The lowest BCUT2D eigenvalue weighted by Crippen LogP contribution is -2.15. The van der Waals surface area contributed by atoms with E-state index in [9.17, 15) is 13.6 Å². The average molecular weight is 432 g/mol. The molecule has 0 radical (unpaired) electrons. The van der Waals surface area contributed by atoms with E-state index < -0.39 is 17.7 Å². The first-order valence-corrected chi connectivity index (χ1v) is 10.2. The molecule has 3 rings (SSSR count). The van der Waals surface area contributed by atoms with Crippen LogP contribution in [0.15, 0.2) is 41.6 Å². The molecule has 1 unspecified atom stereocenters. The standard InChI is InChI=1S/C21H22F2N4O2S/c1-12-5-7-17(13(2)9-12)24-19(28)11-30-21-26-25-20(27(21)4)14(3)29-18-8-6-15(22)10-16(18)23/h5-10,14H,11H2,1-4H3,(H,24,28). The third kappa shape index (κ3) is 5.15.